The highest BCUT2D eigenvalue weighted by Crippen LogP contribution is 2.40. The van der Waals surface area contributed by atoms with E-state index < -0.39 is 0 Å². The van der Waals surface area contributed by atoms with Crippen molar-refractivity contribution in [2.45, 2.75) is 0 Å². The fourth-order valence-electron chi connectivity index (χ4n) is 8.80. The standard InChI is InChI=1S/C57H35N3S/c1-2-12-41-32-43(29-22-36(41)10-1)45-31-24-37-23-30-44(34-47(37)35-45)42-14-7-15-46(33-42)56-58-55(40-27-25-39(26-28-40)49-18-8-13-38-11-3-4-16-48(38)49)59-57(60-56)51-19-9-21-53-54(51)50-17-5-6-20-52(50)61-53/h1-35H. The Hall–Kier alpha value is -7.79. The Morgan fingerprint density at radius 1 is 0.262 bits per heavy atom. The summed E-state index contributed by atoms with van der Waals surface area (Å²) in [5, 5.41) is 9.73. The molecule has 0 saturated carbocycles. The van der Waals surface area contributed by atoms with Crippen LogP contribution in [0, 0.1) is 0 Å². The van der Waals surface area contributed by atoms with Crippen molar-refractivity contribution in [1.82, 2.24) is 15.0 Å². The highest BCUT2D eigenvalue weighted by atomic mass is 32.1. The maximum atomic E-state index is 5.27. The van der Waals surface area contributed by atoms with Gasteiger partial charge in [0.05, 0.1) is 0 Å². The van der Waals surface area contributed by atoms with Gasteiger partial charge >= 0.3 is 0 Å². The van der Waals surface area contributed by atoms with Gasteiger partial charge in [-0.25, -0.2) is 15.0 Å². The lowest BCUT2D eigenvalue weighted by atomic mass is 9.96. The highest BCUT2D eigenvalue weighted by molar-refractivity contribution is 7.25. The SMILES string of the molecule is c1cc(-c2ccc3ccc(-c4ccc5ccccc5c4)cc3c2)cc(-c2nc(-c3ccc(-c4cccc5ccccc45)cc3)nc(-c3cccc4sc5ccccc5c34)n2)c1. The number of hydrogen-bond acceptors (Lipinski definition) is 4. The molecule has 0 amide bonds. The van der Waals surface area contributed by atoms with Crippen molar-refractivity contribution >= 4 is 63.8 Å². The molecule has 4 heteroatoms. The average Bonchev–Trinajstić information content (AvgIpc) is 3.72. The summed E-state index contributed by atoms with van der Waals surface area (Å²) in [5.74, 6) is 1.93. The van der Waals surface area contributed by atoms with Gasteiger partial charge in [0.25, 0.3) is 0 Å². The van der Waals surface area contributed by atoms with Crippen LogP contribution in [0.15, 0.2) is 212 Å². The van der Waals surface area contributed by atoms with Crippen LogP contribution in [-0.2, 0) is 0 Å². The van der Waals surface area contributed by atoms with Crippen LogP contribution in [0.3, 0.4) is 0 Å². The maximum Gasteiger partial charge on any atom is 0.164 e. The van der Waals surface area contributed by atoms with Crippen LogP contribution in [0.1, 0.15) is 0 Å². The fourth-order valence-corrected chi connectivity index (χ4v) is 9.94. The first-order valence-electron chi connectivity index (χ1n) is 20.6. The minimum Gasteiger partial charge on any atom is -0.208 e. The van der Waals surface area contributed by atoms with E-state index in [1.807, 2.05) is 0 Å². The first-order chi connectivity index (χ1) is 30.2. The van der Waals surface area contributed by atoms with Gasteiger partial charge in [0.1, 0.15) is 0 Å². The maximum absolute atomic E-state index is 5.27. The predicted octanol–water partition coefficient (Wildman–Crippen LogP) is 15.7. The van der Waals surface area contributed by atoms with Crippen LogP contribution in [0.25, 0.3) is 120 Å². The first-order valence-corrected chi connectivity index (χ1v) is 21.4. The van der Waals surface area contributed by atoms with Gasteiger partial charge in [0, 0.05) is 36.9 Å². The fraction of sp³-hybridized carbons (Fsp3) is 0. The molecule has 12 rings (SSSR count). The summed E-state index contributed by atoms with van der Waals surface area (Å²) in [5.41, 5.74) is 9.87. The Kier molecular flexibility index (Phi) is 8.36. The number of thiophene rings is 1. The number of rotatable bonds is 6. The molecular weight excluding hydrogens is 759 g/mol. The molecule has 61 heavy (non-hydrogen) atoms. The van der Waals surface area contributed by atoms with Crippen LogP contribution >= 0.6 is 11.3 Å². The molecule has 0 aliphatic rings. The monoisotopic (exact) mass is 793 g/mol. The van der Waals surface area contributed by atoms with Gasteiger partial charge in [-0.3, -0.25) is 0 Å². The van der Waals surface area contributed by atoms with E-state index in [0.29, 0.717) is 17.5 Å². The number of nitrogens with zero attached hydrogens (tertiary/aromatic N) is 3. The molecule has 0 spiro atoms. The van der Waals surface area contributed by atoms with Gasteiger partial charge in [0.15, 0.2) is 17.5 Å². The van der Waals surface area contributed by atoms with E-state index in [1.54, 1.807) is 11.3 Å². The summed E-state index contributed by atoms with van der Waals surface area (Å²) in [6.07, 6.45) is 0. The lowest BCUT2D eigenvalue weighted by Gasteiger charge is -2.12. The summed E-state index contributed by atoms with van der Waals surface area (Å²) < 4.78 is 2.46. The van der Waals surface area contributed by atoms with Crippen LogP contribution in [0.4, 0.5) is 0 Å². The van der Waals surface area contributed by atoms with E-state index in [2.05, 4.69) is 212 Å². The zero-order valence-electron chi connectivity index (χ0n) is 33.0. The number of hydrogen-bond donors (Lipinski definition) is 0. The van der Waals surface area contributed by atoms with Crippen LogP contribution in [0.5, 0.6) is 0 Å². The quantitative estimate of drug-likeness (QED) is 0.168. The summed E-state index contributed by atoms with van der Waals surface area (Å²) in [7, 11) is 0. The molecule has 2 heterocycles. The van der Waals surface area contributed by atoms with Crippen molar-refractivity contribution in [3.8, 4) is 67.5 Å². The minimum atomic E-state index is 0.635. The predicted molar refractivity (Wildman–Crippen MR) is 258 cm³/mol. The van der Waals surface area contributed by atoms with Gasteiger partial charge < -0.3 is 0 Å². The molecule has 284 valence electrons. The molecule has 12 aromatic rings. The van der Waals surface area contributed by atoms with Gasteiger partial charge in [-0.2, -0.15) is 0 Å². The van der Waals surface area contributed by atoms with Crippen molar-refractivity contribution < 1.29 is 0 Å². The summed E-state index contributed by atoms with van der Waals surface area (Å²) in [4.78, 5) is 15.7. The van der Waals surface area contributed by atoms with E-state index >= 15 is 0 Å². The number of benzene rings is 10. The molecular formula is C57H35N3S. The normalized spacial score (nSPS) is 11.6. The molecule has 0 fully saturated rings. The Bertz CT molecular complexity index is 3650. The third-order valence-electron chi connectivity index (χ3n) is 11.9. The van der Waals surface area contributed by atoms with Crippen molar-refractivity contribution in [3.05, 3.63) is 212 Å². The van der Waals surface area contributed by atoms with E-state index in [-0.39, 0.29) is 0 Å². The lowest BCUT2D eigenvalue weighted by molar-refractivity contribution is 1.08. The molecule has 0 N–H and O–H groups in total. The molecule has 0 aliphatic heterocycles. The molecule has 3 nitrogen and oxygen atoms in total. The second kappa shape index (κ2) is 14.5. The second-order valence-electron chi connectivity index (χ2n) is 15.6. The zero-order chi connectivity index (χ0) is 40.3. The summed E-state index contributed by atoms with van der Waals surface area (Å²) in [6, 6.07) is 76.0. The van der Waals surface area contributed by atoms with E-state index in [4.69, 9.17) is 15.0 Å². The molecule has 10 aromatic carbocycles. The van der Waals surface area contributed by atoms with Gasteiger partial charge in [0.2, 0.25) is 0 Å². The molecule has 0 aliphatic carbocycles. The topological polar surface area (TPSA) is 38.7 Å². The largest absolute Gasteiger partial charge is 0.208 e. The molecule has 2 aromatic heterocycles. The average molecular weight is 794 g/mol. The molecule has 0 atom stereocenters. The smallest absolute Gasteiger partial charge is 0.164 e. The Morgan fingerprint density at radius 3 is 1.54 bits per heavy atom. The van der Waals surface area contributed by atoms with Crippen LogP contribution < -0.4 is 0 Å². The van der Waals surface area contributed by atoms with Crippen LogP contribution in [-0.4, -0.2) is 15.0 Å². The van der Waals surface area contributed by atoms with Crippen molar-refractivity contribution in [2.75, 3.05) is 0 Å². The molecule has 0 saturated heterocycles. The Balaban J connectivity index is 0.972. The Morgan fingerprint density at radius 2 is 0.754 bits per heavy atom. The van der Waals surface area contributed by atoms with Crippen LogP contribution in [0.2, 0.25) is 0 Å². The highest BCUT2D eigenvalue weighted by Gasteiger charge is 2.18. The molecule has 0 radical (unpaired) electrons. The third-order valence-corrected chi connectivity index (χ3v) is 13.0. The number of aromatic nitrogens is 3. The van der Waals surface area contributed by atoms with Crippen molar-refractivity contribution in [1.29, 1.82) is 0 Å². The first kappa shape index (κ1) is 35.2. The van der Waals surface area contributed by atoms with E-state index in [1.165, 1.54) is 69.2 Å². The number of fused-ring (bicyclic) bond motifs is 6. The van der Waals surface area contributed by atoms with Gasteiger partial charge in [-0.05, 0) is 102 Å². The van der Waals surface area contributed by atoms with Gasteiger partial charge in [-0.15, -0.1) is 11.3 Å². The lowest BCUT2D eigenvalue weighted by Crippen LogP contribution is -2.00. The van der Waals surface area contributed by atoms with Gasteiger partial charge in [-0.1, -0.05) is 176 Å². The van der Waals surface area contributed by atoms with E-state index in [9.17, 15) is 0 Å². The Labute approximate surface area is 356 Å². The summed E-state index contributed by atoms with van der Waals surface area (Å²) >= 11 is 1.80. The minimum absolute atomic E-state index is 0.635. The van der Waals surface area contributed by atoms with Crippen molar-refractivity contribution in [2.24, 2.45) is 0 Å². The zero-order valence-corrected chi connectivity index (χ0v) is 33.8. The van der Waals surface area contributed by atoms with Crippen molar-refractivity contribution in [3.63, 3.8) is 0 Å². The summed E-state index contributed by atoms with van der Waals surface area (Å²) in [6.45, 7) is 0. The molecule has 0 unspecified atom stereocenters. The molecule has 0 bridgehead atoms. The third kappa shape index (κ3) is 6.33. The van der Waals surface area contributed by atoms with E-state index in [0.717, 1.165) is 33.4 Å². The second-order valence-corrected chi connectivity index (χ2v) is 16.7.